The number of H-pyrrole nitrogens is 1. The second-order valence-electron chi connectivity index (χ2n) is 5.91. The Morgan fingerprint density at radius 3 is 2.36 bits per heavy atom. The molecule has 0 saturated carbocycles. The highest BCUT2D eigenvalue weighted by Gasteiger charge is 2.09. The van der Waals surface area contributed by atoms with Crippen molar-refractivity contribution in [3.63, 3.8) is 0 Å². The number of hydrogen-bond acceptors (Lipinski definition) is 3. The van der Waals surface area contributed by atoms with E-state index in [2.05, 4.69) is 16.0 Å². The quantitative estimate of drug-likeness (QED) is 0.583. The summed E-state index contributed by atoms with van der Waals surface area (Å²) in [6, 6.07) is 18.0. The lowest BCUT2D eigenvalue weighted by molar-refractivity contribution is 0.282. The standard InChI is InChI=1S/C21H18N2O2/c1-25-18-8-6-16(7-9-18)20-12-23-21-19(20)10-17(11-22-21)15-4-2-14(13-24)3-5-15/h2-12,24H,13H2,1H3,(H,22,23). The lowest BCUT2D eigenvalue weighted by Crippen LogP contribution is -1.85. The van der Waals surface area contributed by atoms with Gasteiger partial charge in [-0.1, -0.05) is 36.4 Å². The average Bonchev–Trinajstić information content (AvgIpc) is 3.11. The van der Waals surface area contributed by atoms with Crippen LogP contribution in [0, 0.1) is 0 Å². The fraction of sp³-hybridized carbons (Fsp3) is 0.0952. The highest BCUT2D eigenvalue weighted by molar-refractivity contribution is 5.95. The van der Waals surface area contributed by atoms with Crippen LogP contribution in [0.2, 0.25) is 0 Å². The summed E-state index contributed by atoms with van der Waals surface area (Å²) in [4.78, 5) is 7.79. The largest absolute Gasteiger partial charge is 0.497 e. The number of aromatic amines is 1. The Morgan fingerprint density at radius 2 is 1.68 bits per heavy atom. The van der Waals surface area contributed by atoms with Crippen LogP contribution >= 0.6 is 0 Å². The third-order valence-electron chi connectivity index (χ3n) is 4.40. The second kappa shape index (κ2) is 6.42. The van der Waals surface area contributed by atoms with Crippen molar-refractivity contribution < 1.29 is 9.84 Å². The van der Waals surface area contributed by atoms with E-state index in [1.54, 1.807) is 7.11 Å². The first-order chi connectivity index (χ1) is 12.3. The maximum atomic E-state index is 9.19. The van der Waals surface area contributed by atoms with Gasteiger partial charge in [0.25, 0.3) is 0 Å². The van der Waals surface area contributed by atoms with Gasteiger partial charge in [0.15, 0.2) is 0 Å². The molecule has 124 valence electrons. The molecule has 25 heavy (non-hydrogen) atoms. The Labute approximate surface area is 145 Å². The molecular formula is C21H18N2O2. The number of aliphatic hydroxyl groups is 1. The van der Waals surface area contributed by atoms with Crippen molar-refractivity contribution in [1.29, 1.82) is 0 Å². The summed E-state index contributed by atoms with van der Waals surface area (Å²) in [5, 5.41) is 10.3. The summed E-state index contributed by atoms with van der Waals surface area (Å²) in [5.41, 5.74) is 6.11. The molecule has 2 N–H and O–H groups in total. The molecule has 4 nitrogen and oxygen atoms in total. The molecule has 0 bridgehead atoms. The van der Waals surface area contributed by atoms with Crippen molar-refractivity contribution in [2.24, 2.45) is 0 Å². The zero-order valence-corrected chi connectivity index (χ0v) is 13.9. The van der Waals surface area contributed by atoms with Gasteiger partial charge < -0.3 is 14.8 Å². The Kier molecular flexibility index (Phi) is 3.96. The molecule has 0 saturated heterocycles. The van der Waals surface area contributed by atoms with Gasteiger partial charge >= 0.3 is 0 Å². The van der Waals surface area contributed by atoms with Gasteiger partial charge in [0.05, 0.1) is 13.7 Å². The first-order valence-corrected chi connectivity index (χ1v) is 8.10. The summed E-state index contributed by atoms with van der Waals surface area (Å²) >= 11 is 0. The zero-order chi connectivity index (χ0) is 17.2. The third-order valence-corrected chi connectivity index (χ3v) is 4.40. The van der Waals surface area contributed by atoms with Crippen LogP contribution in [0.3, 0.4) is 0 Å². The van der Waals surface area contributed by atoms with Crippen molar-refractivity contribution in [1.82, 2.24) is 9.97 Å². The van der Waals surface area contributed by atoms with Crippen molar-refractivity contribution in [3.05, 3.63) is 72.6 Å². The number of methoxy groups -OCH3 is 1. The van der Waals surface area contributed by atoms with Crippen LogP contribution in [0.15, 0.2) is 67.0 Å². The smallest absolute Gasteiger partial charge is 0.137 e. The number of aliphatic hydroxyl groups excluding tert-OH is 1. The van der Waals surface area contributed by atoms with Crippen LogP contribution < -0.4 is 4.74 Å². The third kappa shape index (κ3) is 2.88. The molecule has 0 aliphatic heterocycles. The molecule has 0 aliphatic rings. The molecule has 0 atom stereocenters. The van der Waals surface area contributed by atoms with Gasteiger partial charge in [-0.25, -0.2) is 4.98 Å². The first-order valence-electron chi connectivity index (χ1n) is 8.10. The van der Waals surface area contributed by atoms with Gasteiger partial charge in [-0.2, -0.15) is 0 Å². The van der Waals surface area contributed by atoms with Crippen LogP contribution in [-0.4, -0.2) is 22.2 Å². The van der Waals surface area contributed by atoms with E-state index in [1.165, 1.54) is 0 Å². The predicted molar refractivity (Wildman–Crippen MR) is 99.4 cm³/mol. The Bertz CT molecular complexity index is 1000. The minimum atomic E-state index is 0.0526. The minimum absolute atomic E-state index is 0.0526. The number of hydrogen-bond donors (Lipinski definition) is 2. The maximum Gasteiger partial charge on any atom is 0.137 e. The number of ether oxygens (including phenoxy) is 1. The molecule has 0 spiro atoms. The average molecular weight is 330 g/mol. The van der Waals surface area contributed by atoms with Gasteiger partial charge in [-0.3, -0.25) is 0 Å². The van der Waals surface area contributed by atoms with Crippen LogP contribution in [0.5, 0.6) is 5.75 Å². The number of fused-ring (bicyclic) bond motifs is 1. The fourth-order valence-electron chi connectivity index (χ4n) is 2.97. The lowest BCUT2D eigenvalue weighted by Gasteiger charge is -2.05. The van der Waals surface area contributed by atoms with Gasteiger partial charge in [-0.05, 0) is 34.9 Å². The van der Waals surface area contributed by atoms with Crippen LogP contribution in [-0.2, 0) is 6.61 Å². The van der Waals surface area contributed by atoms with Crippen molar-refractivity contribution in [2.75, 3.05) is 7.11 Å². The molecule has 4 aromatic rings. The fourth-order valence-corrected chi connectivity index (χ4v) is 2.97. The number of pyridine rings is 1. The van der Waals surface area contributed by atoms with E-state index < -0.39 is 0 Å². The molecule has 4 heteroatoms. The van der Waals surface area contributed by atoms with E-state index >= 15 is 0 Å². The van der Waals surface area contributed by atoms with Crippen LogP contribution in [0.25, 0.3) is 33.3 Å². The van der Waals surface area contributed by atoms with E-state index in [0.29, 0.717) is 0 Å². The molecule has 2 heterocycles. The summed E-state index contributed by atoms with van der Waals surface area (Å²) in [5.74, 6) is 0.839. The van der Waals surface area contributed by atoms with Gasteiger partial charge in [0.1, 0.15) is 11.4 Å². The topological polar surface area (TPSA) is 58.1 Å². The van der Waals surface area contributed by atoms with Crippen molar-refractivity contribution in [2.45, 2.75) is 6.61 Å². The summed E-state index contributed by atoms with van der Waals surface area (Å²) in [6.07, 6.45) is 3.85. The van der Waals surface area contributed by atoms with E-state index in [-0.39, 0.29) is 6.61 Å². The van der Waals surface area contributed by atoms with Gasteiger partial charge in [0.2, 0.25) is 0 Å². The van der Waals surface area contributed by atoms with E-state index in [9.17, 15) is 5.11 Å². The van der Waals surface area contributed by atoms with Crippen molar-refractivity contribution in [3.8, 4) is 28.0 Å². The molecule has 0 fully saturated rings. The molecule has 4 rings (SSSR count). The van der Waals surface area contributed by atoms with E-state index in [0.717, 1.165) is 44.6 Å². The molecule has 0 radical (unpaired) electrons. The molecule has 0 unspecified atom stereocenters. The van der Waals surface area contributed by atoms with Crippen LogP contribution in [0.4, 0.5) is 0 Å². The number of nitrogens with zero attached hydrogens (tertiary/aromatic N) is 1. The minimum Gasteiger partial charge on any atom is -0.497 e. The Hall–Kier alpha value is -3.11. The molecule has 2 aromatic carbocycles. The van der Waals surface area contributed by atoms with Gasteiger partial charge in [0, 0.05) is 28.9 Å². The predicted octanol–water partition coefficient (Wildman–Crippen LogP) is 4.40. The number of aromatic nitrogens is 2. The summed E-state index contributed by atoms with van der Waals surface area (Å²) in [6.45, 7) is 0.0526. The molecule has 0 amide bonds. The summed E-state index contributed by atoms with van der Waals surface area (Å²) in [7, 11) is 1.67. The lowest BCUT2D eigenvalue weighted by atomic mass is 10.0. The SMILES string of the molecule is COc1ccc(-c2c[nH]c3ncc(-c4ccc(CO)cc4)cc23)cc1. The second-order valence-corrected chi connectivity index (χ2v) is 5.91. The molecule has 0 aliphatic carbocycles. The maximum absolute atomic E-state index is 9.19. The van der Waals surface area contributed by atoms with Gasteiger partial charge in [-0.15, -0.1) is 0 Å². The summed E-state index contributed by atoms with van der Waals surface area (Å²) < 4.78 is 5.23. The highest BCUT2D eigenvalue weighted by atomic mass is 16.5. The van der Waals surface area contributed by atoms with E-state index in [1.807, 2.05) is 60.9 Å². The Balaban J connectivity index is 1.78. The Morgan fingerprint density at radius 1 is 0.960 bits per heavy atom. The monoisotopic (exact) mass is 330 g/mol. The van der Waals surface area contributed by atoms with Crippen LogP contribution in [0.1, 0.15) is 5.56 Å². The zero-order valence-electron chi connectivity index (χ0n) is 13.9. The molecule has 2 aromatic heterocycles. The number of benzene rings is 2. The first kappa shape index (κ1) is 15.4. The number of rotatable bonds is 4. The van der Waals surface area contributed by atoms with E-state index in [4.69, 9.17) is 4.74 Å². The molecular weight excluding hydrogens is 312 g/mol. The highest BCUT2D eigenvalue weighted by Crippen LogP contribution is 2.31. The number of nitrogens with one attached hydrogen (secondary N) is 1. The normalized spacial score (nSPS) is 11.0. The van der Waals surface area contributed by atoms with Crippen molar-refractivity contribution >= 4 is 11.0 Å².